The number of urea groups is 1. The average Bonchev–Trinajstić information content (AvgIpc) is 2.38. The molecule has 0 bridgehead atoms. The van der Waals surface area contributed by atoms with Crippen LogP contribution in [0.25, 0.3) is 0 Å². The summed E-state index contributed by atoms with van der Waals surface area (Å²) < 4.78 is 0. The normalized spacial score (nSPS) is 10.2. The van der Waals surface area contributed by atoms with Crippen LogP contribution in [-0.2, 0) is 0 Å². The summed E-state index contributed by atoms with van der Waals surface area (Å²) in [6.07, 6.45) is 0. The molecule has 0 saturated carbocycles. The summed E-state index contributed by atoms with van der Waals surface area (Å²) >= 11 is 11.7. The first-order chi connectivity index (χ1) is 9.45. The first-order valence-corrected chi connectivity index (χ1v) is 6.60. The molecule has 0 saturated heterocycles. The fourth-order valence-electron chi connectivity index (χ4n) is 1.59. The Hall–Kier alpha value is -1.91. The molecule has 0 aliphatic heterocycles. The molecule has 0 heterocycles. The van der Waals surface area contributed by atoms with E-state index in [1.807, 2.05) is 13.0 Å². The maximum absolute atomic E-state index is 11.8. The minimum absolute atomic E-state index is 0.379. The third-order valence-corrected chi connectivity index (χ3v) is 3.45. The number of anilines is 3. The Morgan fingerprint density at radius 2 is 1.60 bits per heavy atom. The van der Waals surface area contributed by atoms with Crippen molar-refractivity contribution < 1.29 is 4.79 Å². The molecule has 20 heavy (non-hydrogen) atoms. The number of nitrogens with two attached hydrogens (primary N) is 1. The number of carbonyl (C=O) groups excluding carboxylic acids is 1. The first kappa shape index (κ1) is 14.5. The minimum atomic E-state index is -0.383. The molecular formula is C14H13Cl2N3O. The molecule has 0 atom stereocenters. The standard InChI is InChI=1S/C14H13Cl2N3O/c1-8-2-3-10(7-13(8)17)19-14(20)18-9-4-5-11(15)12(16)6-9/h2-7H,17H2,1H3,(H2,18,19,20). The Labute approximate surface area is 126 Å². The highest BCUT2D eigenvalue weighted by Gasteiger charge is 2.05. The molecule has 0 fully saturated rings. The van der Waals surface area contributed by atoms with Crippen LogP contribution in [0.3, 0.4) is 0 Å². The van der Waals surface area contributed by atoms with E-state index in [2.05, 4.69) is 10.6 Å². The number of nitrogens with one attached hydrogen (secondary N) is 2. The van der Waals surface area contributed by atoms with Gasteiger partial charge in [0, 0.05) is 17.1 Å². The molecule has 4 N–H and O–H groups in total. The van der Waals surface area contributed by atoms with Gasteiger partial charge in [-0.3, -0.25) is 0 Å². The molecule has 0 aromatic heterocycles. The zero-order valence-electron chi connectivity index (χ0n) is 10.7. The summed E-state index contributed by atoms with van der Waals surface area (Å²) in [4.78, 5) is 11.8. The lowest BCUT2D eigenvalue weighted by molar-refractivity contribution is 0.262. The van der Waals surface area contributed by atoms with Gasteiger partial charge >= 0.3 is 6.03 Å². The van der Waals surface area contributed by atoms with E-state index >= 15 is 0 Å². The Bertz CT molecular complexity index is 603. The van der Waals surface area contributed by atoms with Crippen LogP contribution in [0.15, 0.2) is 36.4 Å². The van der Waals surface area contributed by atoms with Gasteiger partial charge in [0.1, 0.15) is 0 Å². The van der Waals surface area contributed by atoms with Crippen molar-refractivity contribution in [3.05, 3.63) is 52.0 Å². The Balaban J connectivity index is 2.04. The lowest BCUT2D eigenvalue weighted by atomic mass is 10.2. The second-order valence-electron chi connectivity index (χ2n) is 4.28. The fraction of sp³-hybridized carbons (Fsp3) is 0.0714. The molecule has 2 aromatic carbocycles. The van der Waals surface area contributed by atoms with Gasteiger partial charge in [0.05, 0.1) is 10.0 Å². The molecular weight excluding hydrogens is 297 g/mol. The number of halogens is 2. The highest BCUT2D eigenvalue weighted by Crippen LogP contribution is 2.25. The highest BCUT2D eigenvalue weighted by molar-refractivity contribution is 6.42. The third-order valence-electron chi connectivity index (χ3n) is 2.71. The largest absolute Gasteiger partial charge is 0.398 e. The van der Waals surface area contributed by atoms with Gasteiger partial charge in [-0.15, -0.1) is 0 Å². The Kier molecular flexibility index (Phi) is 4.37. The Morgan fingerprint density at radius 1 is 1.00 bits per heavy atom. The van der Waals surface area contributed by atoms with Gasteiger partial charge in [-0.05, 0) is 42.8 Å². The molecule has 0 aliphatic rings. The number of nitrogen functional groups attached to an aromatic ring is 1. The van der Waals surface area contributed by atoms with Crippen LogP contribution in [0.1, 0.15) is 5.56 Å². The van der Waals surface area contributed by atoms with Crippen LogP contribution in [0.2, 0.25) is 10.0 Å². The number of aryl methyl sites for hydroxylation is 1. The summed E-state index contributed by atoms with van der Waals surface area (Å²) in [5.74, 6) is 0. The number of hydrogen-bond donors (Lipinski definition) is 3. The van der Waals surface area contributed by atoms with E-state index < -0.39 is 0 Å². The quantitative estimate of drug-likeness (QED) is 0.713. The topological polar surface area (TPSA) is 67.2 Å². The highest BCUT2D eigenvalue weighted by atomic mass is 35.5. The lowest BCUT2D eigenvalue weighted by Gasteiger charge is -2.09. The van der Waals surface area contributed by atoms with Crippen LogP contribution in [0, 0.1) is 6.92 Å². The van der Waals surface area contributed by atoms with E-state index in [-0.39, 0.29) is 6.03 Å². The first-order valence-electron chi connectivity index (χ1n) is 5.85. The lowest BCUT2D eigenvalue weighted by Crippen LogP contribution is -2.19. The molecule has 0 aliphatic carbocycles. The van der Waals surface area contributed by atoms with Crippen LogP contribution in [-0.4, -0.2) is 6.03 Å². The van der Waals surface area contributed by atoms with Crippen LogP contribution in [0.5, 0.6) is 0 Å². The van der Waals surface area contributed by atoms with Crippen molar-refractivity contribution in [2.75, 3.05) is 16.4 Å². The SMILES string of the molecule is Cc1ccc(NC(=O)Nc2ccc(Cl)c(Cl)c2)cc1N. The summed E-state index contributed by atoms with van der Waals surface area (Å²) in [6.45, 7) is 1.90. The summed E-state index contributed by atoms with van der Waals surface area (Å²) in [6, 6.07) is 9.79. The second-order valence-corrected chi connectivity index (χ2v) is 5.09. The van der Waals surface area contributed by atoms with Gasteiger partial charge in [-0.1, -0.05) is 29.3 Å². The zero-order chi connectivity index (χ0) is 14.7. The van der Waals surface area contributed by atoms with E-state index in [0.29, 0.717) is 27.1 Å². The smallest absolute Gasteiger partial charge is 0.323 e. The van der Waals surface area contributed by atoms with Crippen LogP contribution in [0.4, 0.5) is 21.9 Å². The molecule has 2 aromatic rings. The van der Waals surface area contributed by atoms with Crippen molar-refractivity contribution in [3.8, 4) is 0 Å². The molecule has 4 nitrogen and oxygen atoms in total. The van der Waals surface area contributed by atoms with Crippen molar-refractivity contribution >= 4 is 46.3 Å². The molecule has 2 rings (SSSR count). The van der Waals surface area contributed by atoms with Crippen molar-refractivity contribution in [3.63, 3.8) is 0 Å². The molecule has 6 heteroatoms. The van der Waals surface area contributed by atoms with Crippen LogP contribution < -0.4 is 16.4 Å². The van der Waals surface area contributed by atoms with E-state index in [1.54, 1.807) is 30.3 Å². The molecule has 0 unspecified atom stereocenters. The van der Waals surface area contributed by atoms with Crippen molar-refractivity contribution in [1.82, 2.24) is 0 Å². The van der Waals surface area contributed by atoms with E-state index in [0.717, 1.165) is 5.56 Å². The number of benzene rings is 2. The van der Waals surface area contributed by atoms with Gasteiger partial charge in [-0.2, -0.15) is 0 Å². The predicted molar refractivity (Wildman–Crippen MR) is 84.7 cm³/mol. The summed E-state index contributed by atoms with van der Waals surface area (Å²) in [5.41, 5.74) is 8.53. The summed E-state index contributed by atoms with van der Waals surface area (Å²) in [7, 11) is 0. The fourth-order valence-corrected chi connectivity index (χ4v) is 1.88. The van der Waals surface area contributed by atoms with Gasteiger partial charge < -0.3 is 16.4 Å². The number of carbonyl (C=O) groups is 1. The maximum atomic E-state index is 11.8. The van der Waals surface area contributed by atoms with Gasteiger partial charge in [-0.25, -0.2) is 4.79 Å². The minimum Gasteiger partial charge on any atom is -0.398 e. The molecule has 2 amide bonds. The van der Waals surface area contributed by atoms with Gasteiger partial charge in [0.25, 0.3) is 0 Å². The van der Waals surface area contributed by atoms with E-state index in [4.69, 9.17) is 28.9 Å². The zero-order valence-corrected chi connectivity index (χ0v) is 12.2. The van der Waals surface area contributed by atoms with Gasteiger partial charge in [0.15, 0.2) is 0 Å². The predicted octanol–water partition coefficient (Wildman–Crippen LogP) is 4.53. The second kappa shape index (κ2) is 6.03. The Morgan fingerprint density at radius 3 is 2.20 bits per heavy atom. The number of hydrogen-bond acceptors (Lipinski definition) is 2. The van der Waals surface area contributed by atoms with Crippen molar-refractivity contribution in [2.45, 2.75) is 6.92 Å². The van der Waals surface area contributed by atoms with Gasteiger partial charge in [0.2, 0.25) is 0 Å². The van der Waals surface area contributed by atoms with E-state index in [9.17, 15) is 4.79 Å². The molecule has 104 valence electrons. The van der Waals surface area contributed by atoms with Crippen LogP contribution >= 0.6 is 23.2 Å². The monoisotopic (exact) mass is 309 g/mol. The molecule has 0 radical (unpaired) electrons. The summed E-state index contributed by atoms with van der Waals surface area (Å²) in [5, 5.41) is 6.16. The van der Waals surface area contributed by atoms with Crippen molar-refractivity contribution in [2.24, 2.45) is 0 Å². The number of rotatable bonds is 2. The van der Waals surface area contributed by atoms with E-state index in [1.165, 1.54) is 0 Å². The maximum Gasteiger partial charge on any atom is 0.323 e. The number of amides is 2. The third kappa shape index (κ3) is 3.56. The molecule has 0 spiro atoms. The average molecular weight is 310 g/mol. The van der Waals surface area contributed by atoms with Crippen molar-refractivity contribution in [1.29, 1.82) is 0 Å².